The van der Waals surface area contributed by atoms with E-state index in [0.717, 1.165) is 0 Å². The van der Waals surface area contributed by atoms with Gasteiger partial charge in [0.15, 0.2) is 0 Å². The van der Waals surface area contributed by atoms with Crippen molar-refractivity contribution in [3.8, 4) is 0 Å². The van der Waals surface area contributed by atoms with E-state index in [0.29, 0.717) is 23.9 Å². The Kier molecular flexibility index (Phi) is 9.91. The maximum atomic E-state index is 5.15. The highest BCUT2D eigenvalue weighted by molar-refractivity contribution is 4.78. The summed E-state index contributed by atoms with van der Waals surface area (Å²) >= 11 is 0. The van der Waals surface area contributed by atoms with Crippen LogP contribution in [0.5, 0.6) is 0 Å². The van der Waals surface area contributed by atoms with Crippen molar-refractivity contribution in [2.24, 2.45) is 11.8 Å². The smallest absolute Gasteiger partial charge is 0.0272 e. The first-order valence-corrected chi connectivity index (χ1v) is 7.72. The molecule has 2 unspecified atom stereocenters. The van der Waals surface area contributed by atoms with Crippen molar-refractivity contribution in [3.63, 3.8) is 0 Å². The Labute approximate surface area is 110 Å². The Balaban J connectivity index is 4.23. The van der Waals surface area contributed by atoms with Crippen LogP contribution in [0.3, 0.4) is 0 Å². The zero-order valence-electron chi connectivity index (χ0n) is 13.0. The van der Waals surface area contributed by atoms with Crippen LogP contribution in [0.2, 0.25) is 0 Å². The van der Waals surface area contributed by atoms with Crippen LogP contribution >= 0.6 is 0 Å². The summed E-state index contributed by atoms with van der Waals surface area (Å²) in [6, 6.07) is 1.17. The summed E-state index contributed by atoms with van der Waals surface area (Å²) in [4.78, 5) is 0. The average molecular weight is 240 g/mol. The molecule has 0 aliphatic heterocycles. The van der Waals surface area contributed by atoms with E-state index in [-0.39, 0.29) is 0 Å². The quantitative estimate of drug-likeness (QED) is 0.509. The third kappa shape index (κ3) is 7.81. The molecule has 0 heterocycles. The first-order chi connectivity index (χ1) is 8.02. The average Bonchev–Trinajstić information content (AvgIpc) is 2.27. The molecule has 0 aromatic carbocycles. The van der Waals surface area contributed by atoms with Crippen LogP contribution in [0.25, 0.3) is 0 Å². The second-order valence-corrected chi connectivity index (χ2v) is 6.06. The van der Waals surface area contributed by atoms with Crippen molar-refractivity contribution >= 4 is 0 Å². The van der Waals surface area contributed by atoms with Gasteiger partial charge in [0.05, 0.1) is 0 Å². The fourth-order valence-electron chi connectivity index (χ4n) is 2.23. The lowest BCUT2D eigenvalue weighted by molar-refractivity contribution is 0.267. The molecule has 0 amide bonds. The van der Waals surface area contributed by atoms with E-state index in [2.05, 4.69) is 41.5 Å². The van der Waals surface area contributed by atoms with Gasteiger partial charge in [-0.3, -0.25) is 0 Å². The first kappa shape index (κ1) is 17.0. The topological polar surface area (TPSA) is 14.1 Å². The lowest BCUT2D eigenvalue weighted by Crippen LogP contribution is -2.38. The highest BCUT2D eigenvalue weighted by Crippen LogP contribution is 2.18. The zero-order valence-corrected chi connectivity index (χ0v) is 13.0. The molecule has 0 saturated heterocycles. The molecule has 0 aromatic heterocycles. The Hall–Kier alpha value is -0.0400. The van der Waals surface area contributed by atoms with E-state index in [9.17, 15) is 0 Å². The molecule has 1 heteroatoms. The van der Waals surface area contributed by atoms with E-state index in [1.807, 2.05) is 0 Å². The second kappa shape index (κ2) is 9.94. The molecule has 0 saturated carbocycles. The lowest BCUT2D eigenvalue weighted by Gasteiger charge is -2.29. The summed E-state index contributed by atoms with van der Waals surface area (Å²) in [5, 5.41) is 5.15. The highest BCUT2D eigenvalue weighted by atomic mass is 15.0. The Bertz CT molecular complexity index is 145. The van der Waals surface area contributed by atoms with Gasteiger partial charge >= 0.3 is 0 Å². The van der Waals surface area contributed by atoms with Crippen LogP contribution in [0.15, 0.2) is 0 Å². The van der Waals surface area contributed by atoms with Crippen molar-refractivity contribution in [2.75, 3.05) is 0 Å². The van der Waals surface area contributed by atoms with Gasteiger partial charge in [-0.2, -0.15) is 0 Å². The van der Waals surface area contributed by atoms with Crippen LogP contribution in [0.1, 0.15) is 80.1 Å². The third-order valence-electron chi connectivity index (χ3n) is 3.63. The SMILES string of the molecule is CCCCC([N]C(CCCC)C(C)C)C(C)C. The molecule has 0 fully saturated rings. The monoisotopic (exact) mass is 240 g/mol. The van der Waals surface area contributed by atoms with Crippen molar-refractivity contribution in [3.05, 3.63) is 0 Å². The molecule has 0 rings (SSSR count). The largest absolute Gasteiger partial charge is 0.235 e. The lowest BCUT2D eigenvalue weighted by atomic mass is 9.92. The summed E-state index contributed by atoms with van der Waals surface area (Å²) in [5.41, 5.74) is 0. The number of hydrogen-bond donors (Lipinski definition) is 0. The van der Waals surface area contributed by atoms with Gasteiger partial charge in [-0.15, -0.1) is 0 Å². The molecule has 1 radical (unpaired) electrons. The van der Waals surface area contributed by atoms with E-state index in [1.165, 1.54) is 38.5 Å². The van der Waals surface area contributed by atoms with Gasteiger partial charge in [-0.05, 0) is 24.7 Å². The van der Waals surface area contributed by atoms with E-state index in [4.69, 9.17) is 5.32 Å². The van der Waals surface area contributed by atoms with Crippen LogP contribution in [-0.2, 0) is 0 Å². The molecule has 17 heavy (non-hydrogen) atoms. The van der Waals surface area contributed by atoms with Gasteiger partial charge in [-0.1, -0.05) is 67.2 Å². The Morgan fingerprint density at radius 3 is 1.29 bits per heavy atom. The van der Waals surface area contributed by atoms with Crippen molar-refractivity contribution < 1.29 is 0 Å². The predicted molar refractivity (Wildman–Crippen MR) is 78.4 cm³/mol. The van der Waals surface area contributed by atoms with Gasteiger partial charge in [0, 0.05) is 12.1 Å². The summed E-state index contributed by atoms with van der Waals surface area (Å²) in [7, 11) is 0. The fraction of sp³-hybridized carbons (Fsp3) is 1.00. The van der Waals surface area contributed by atoms with Crippen molar-refractivity contribution in [1.29, 1.82) is 0 Å². The molecule has 0 aliphatic rings. The summed E-state index contributed by atoms with van der Waals surface area (Å²) < 4.78 is 0. The third-order valence-corrected chi connectivity index (χ3v) is 3.63. The van der Waals surface area contributed by atoms with Crippen LogP contribution in [-0.4, -0.2) is 12.1 Å². The molecule has 0 N–H and O–H groups in total. The van der Waals surface area contributed by atoms with E-state index < -0.39 is 0 Å². The first-order valence-electron chi connectivity index (χ1n) is 7.72. The van der Waals surface area contributed by atoms with E-state index in [1.54, 1.807) is 0 Å². The highest BCUT2D eigenvalue weighted by Gasteiger charge is 2.21. The Morgan fingerprint density at radius 1 is 0.706 bits per heavy atom. The van der Waals surface area contributed by atoms with Gasteiger partial charge < -0.3 is 0 Å². The minimum absolute atomic E-state index is 0.583. The zero-order chi connectivity index (χ0) is 13.3. The molecular weight excluding hydrogens is 206 g/mol. The minimum atomic E-state index is 0.583. The Morgan fingerprint density at radius 2 is 1.06 bits per heavy atom. The van der Waals surface area contributed by atoms with Gasteiger partial charge in [0.25, 0.3) is 0 Å². The van der Waals surface area contributed by atoms with Gasteiger partial charge in [-0.25, -0.2) is 5.32 Å². The van der Waals surface area contributed by atoms with Gasteiger partial charge in [0.2, 0.25) is 0 Å². The minimum Gasteiger partial charge on any atom is -0.235 e. The maximum absolute atomic E-state index is 5.15. The molecule has 0 spiro atoms. The van der Waals surface area contributed by atoms with Crippen LogP contribution in [0, 0.1) is 11.8 Å². The molecule has 2 atom stereocenters. The standard InChI is InChI=1S/C16H34N/c1-7-9-11-15(13(3)4)17-16(14(5)6)12-10-8-2/h13-16H,7-12H2,1-6H3. The molecular formula is C16H34N. The molecule has 0 bridgehead atoms. The van der Waals surface area contributed by atoms with Crippen LogP contribution in [0.4, 0.5) is 0 Å². The predicted octanol–water partition coefficient (Wildman–Crippen LogP) is 5.02. The number of unbranched alkanes of at least 4 members (excludes halogenated alkanes) is 2. The van der Waals surface area contributed by atoms with Crippen molar-refractivity contribution in [2.45, 2.75) is 92.2 Å². The molecule has 1 nitrogen and oxygen atoms in total. The van der Waals surface area contributed by atoms with Crippen molar-refractivity contribution in [1.82, 2.24) is 5.32 Å². The number of nitrogens with zero attached hydrogens (tertiary/aromatic N) is 1. The number of hydrogen-bond acceptors (Lipinski definition) is 0. The molecule has 103 valence electrons. The van der Waals surface area contributed by atoms with Gasteiger partial charge in [0.1, 0.15) is 0 Å². The fourth-order valence-corrected chi connectivity index (χ4v) is 2.23. The van der Waals surface area contributed by atoms with E-state index >= 15 is 0 Å². The van der Waals surface area contributed by atoms with Crippen LogP contribution < -0.4 is 5.32 Å². The summed E-state index contributed by atoms with van der Waals surface area (Å²) in [6.45, 7) is 13.8. The molecule has 0 aromatic rings. The summed E-state index contributed by atoms with van der Waals surface area (Å²) in [6.07, 6.45) is 7.79. The normalized spacial score (nSPS) is 15.5. The second-order valence-electron chi connectivity index (χ2n) is 6.06. The number of rotatable bonds is 10. The molecule has 0 aliphatic carbocycles. The maximum Gasteiger partial charge on any atom is 0.0272 e. The summed E-state index contributed by atoms with van der Waals surface area (Å²) in [5.74, 6) is 1.40.